The van der Waals surface area contributed by atoms with Crippen molar-refractivity contribution < 1.29 is 13.9 Å². The van der Waals surface area contributed by atoms with Gasteiger partial charge in [0, 0.05) is 29.9 Å². The Hall–Kier alpha value is -2.21. The molecule has 0 amide bonds. The van der Waals surface area contributed by atoms with Gasteiger partial charge in [-0.25, -0.2) is 4.39 Å². The number of nitrogens with zero attached hydrogens (tertiary/aromatic N) is 1. The number of hydrogen-bond donors (Lipinski definition) is 0. The molecule has 4 rings (SSSR count). The van der Waals surface area contributed by atoms with Gasteiger partial charge in [0.2, 0.25) is 0 Å². The second-order valence-electron chi connectivity index (χ2n) is 7.10. The van der Waals surface area contributed by atoms with Crippen molar-refractivity contribution in [3.8, 4) is 5.75 Å². The van der Waals surface area contributed by atoms with Crippen LogP contribution < -0.4 is 4.74 Å². The van der Waals surface area contributed by atoms with Gasteiger partial charge in [0.25, 0.3) is 0 Å². The lowest BCUT2D eigenvalue weighted by atomic mass is 9.93. The molecule has 28 heavy (non-hydrogen) atoms. The second kappa shape index (κ2) is 8.86. The summed E-state index contributed by atoms with van der Waals surface area (Å²) in [5.41, 5.74) is 2.37. The van der Waals surface area contributed by atoms with Gasteiger partial charge in [0.15, 0.2) is 0 Å². The maximum atomic E-state index is 13.4. The molecule has 0 N–H and O–H groups in total. The zero-order valence-electron chi connectivity index (χ0n) is 15.9. The summed E-state index contributed by atoms with van der Waals surface area (Å²) >= 11 is 1.77. The molecule has 2 heterocycles. The Bertz CT molecular complexity index is 865. The Kier molecular flexibility index (Phi) is 6.05. The summed E-state index contributed by atoms with van der Waals surface area (Å²) in [6, 6.07) is 19.6. The number of methoxy groups -OCH3 is 1. The van der Waals surface area contributed by atoms with Crippen LogP contribution in [0.5, 0.6) is 5.75 Å². The van der Waals surface area contributed by atoms with E-state index in [1.54, 1.807) is 18.4 Å². The van der Waals surface area contributed by atoms with Gasteiger partial charge < -0.3 is 9.47 Å². The molecule has 1 fully saturated rings. The highest BCUT2D eigenvalue weighted by Crippen LogP contribution is 2.32. The lowest BCUT2D eigenvalue weighted by Crippen LogP contribution is -2.38. The van der Waals surface area contributed by atoms with Gasteiger partial charge in [-0.05, 0) is 46.8 Å². The number of hydrogen-bond acceptors (Lipinski definition) is 4. The van der Waals surface area contributed by atoms with E-state index in [1.165, 1.54) is 22.6 Å². The lowest BCUT2D eigenvalue weighted by molar-refractivity contribution is 0.133. The van der Waals surface area contributed by atoms with Crippen LogP contribution in [0.15, 0.2) is 66.0 Å². The minimum absolute atomic E-state index is 0.201. The number of benzene rings is 2. The van der Waals surface area contributed by atoms with Gasteiger partial charge in [-0.2, -0.15) is 0 Å². The minimum atomic E-state index is -0.201. The van der Waals surface area contributed by atoms with E-state index in [4.69, 9.17) is 9.47 Å². The summed E-state index contributed by atoms with van der Waals surface area (Å²) in [7, 11) is 1.68. The number of thiophene rings is 1. The first-order valence-corrected chi connectivity index (χ1v) is 10.3. The van der Waals surface area contributed by atoms with E-state index in [1.807, 2.05) is 24.3 Å². The third-order valence-electron chi connectivity index (χ3n) is 5.30. The van der Waals surface area contributed by atoms with E-state index in [2.05, 4.69) is 34.5 Å². The van der Waals surface area contributed by atoms with Crippen molar-refractivity contribution in [1.29, 1.82) is 0 Å². The molecule has 3 aromatic rings. The maximum Gasteiger partial charge on any atom is 0.123 e. The van der Waals surface area contributed by atoms with Crippen molar-refractivity contribution >= 4 is 11.3 Å². The smallest absolute Gasteiger partial charge is 0.123 e. The molecule has 2 aromatic carbocycles. The first kappa shape index (κ1) is 19.1. The zero-order valence-corrected chi connectivity index (χ0v) is 16.7. The van der Waals surface area contributed by atoms with E-state index < -0.39 is 0 Å². The van der Waals surface area contributed by atoms with Crippen LogP contribution >= 0.6 is 11.3 Å². The fourth-order valence-corrected chi connectivity index (χ4v) is 4.52. The van der Waals surface area contributed by atoms with Crippen molar-refractivity contribution in [1.82, 2.24) is 4.90 Å². The molecule has 0 unspecified atom stereocenters. The predicted octanol–water partition coefficient (Wildman–Crippen LogP) is 5.08. The van der Waals surface area contributed by atoms with E-state index in [-0.39, 0.29) is 17.8 Å². The average Bonchev–Trinajstić information content (AvgIpc) is 3.40. The van der Waals surface area contributed by atoms with Gasteiger partial charge in [0.05, 0.1) is 20.3 Å². The molecule has 3 nitrogen and oxygen atoms in total. The fourth-order valence-electron chi connectivity index (χ4n) is 3.79. The third kappa shape index (κ3) is 4.43. The molecule has 0 aliphatic carbocycles. The highest BCUT2D eigenvalue weighted by atomic mass is 32.1. The highest BCUT2D eigenvalue weighted by molar-refractivity contribution is 7.09. The van der Waals surface area contributed by atoms with Crippen LogP contribution in [0.25, 0.3) is 0 Å². The highest BCUT2D eigenvalue weighted by Gasteiger charge is 2.34. The predicted molar refractivity (Wildman–Crippen MR) is 110 cm³/mol. The summed E-state index contributed by atoms with van der Waals surface area (Å²) < 4.78 is 24.5. The molecule has 1 aromatic heterocycles. The number of ether oxygens (including phenoxy) is 2. The van der Waals surface area contributed by atoms with Gasteiger partial charge in [0.1, 0.15) is 11.6 Å². The van der Waals surface area contributed by atoms with Gasteiger partial charge >= 0.3 is 0 Å². The summed E-state index contributed by atoms with van der Waals surface area (Å²) in [6.07, 6.45) is 0. The van der Waals surface area contributed by atoms with Crippen LogP contribution in [0, 0.1) is 5.82 Å². The van der Waals surface area contributed by atoms with E-state index in [9.17, 15) is 4.39 Å². The first-order valence-electron chi connectivity index (χ1n) is 9.45. The van der Waals surface area contributed by atoms with E-state index >= 15 is 0 Å². The fraction of sp³-hybridized carbons (Fsp3) is 0.304. The molecule has 0 bridgehead atoms. The standard InChI is InChI=1S/C23H24FNO2S/c1-26-20-10-4-17(5-11-20)13-25(14-21-3-2-12-28-21)23-16-27-15-22(23)18-6-8-19(24)9-7-18/h2-12,22-23H,13-16H2,1H3/t22-,23+/m0/s1. The van der Waals surface area contributed by atoms with Crippen molar-refractivity contribution in [3.63, 3.8) is 0 Å². The SMILES string of the molecule is COc1ccc(CN(Cc2cccs2)[C@@H]2COC[C@H]2c2ccc(F)cc2)cc1. The van der Waals surface area contributed by atoms with Crippen LogP contribution in [0.3, 0.4) is 0 Å². The molecule has 2 atom stereocenters. The normalized spacial score (nSPS) is 19.2. The zero-order chi connectivity index (χ0) is 19.3. The molecule has 1 aliphatic heterocycles. The van der Waals surface area contributed by atoms with Crippen molar-refractivity contribution in [3.05, 3.63) is 87.9 Å². The van der Waals surface area contributed by atoms with Crippen LogP contribution in [-0.4, -0.2) is 31.3 Å². The largest absolute Gasteiger partial charge is 0.497 e. The van der Waals surface area contributed by atoms with E-state index in [0.29, 0.717) is 13.2 Å². The Morgan fingerprint density at radius 3 is 2.50 bits per heavy atom. The molecular weight excluding hydrogens is 373 g/mol. The summed E-state index contributed by atoms with van der Waals surface area (Å²) in [4.78, 5) is 3.81. The molecule has 1 aliphatic rings. The maximum absolute atomic E-state index is 13.4. The van der Waals surface area contributed by atoms with Gasteiger partial charge in [-0.1, -0.05) is 30.3 Å². The van der Waals surface area contributed by atoms with Crippen LogP contribution in [0.4, 0.5) is 4.39 Å². The first-order chi connectivity index (χ1) is 13.7. The van der Waals surface area contributed by atoms with Crippen molar-refractivity contribution in [2.24, 2.45) is 0 Å². The van der Waals surface area contributed by atoms with Crippen LogP contribution in [-0.2, 0) is 17.8 Å². The Morgan fingerprint density at radius 2 is 1.82 bits per heavy atom. The van der Waals surface area contributed by atoms with Crippen molar-refractivity contribution in [2.75, 3.05) is 20.3 Å². The van der Waals surface area contributed by atoms with Gasteiger partial charge in [-0.15, -0.1) is 11.3 Å². The van der Waals surface area contributed by atoms with Crippen molar-refractivity contribution in [2.45, 2.75) is 25.0 Å². The van der Waals surface area contributed by atoms with E-state index in [0.717, 1.165) is 24.4 Å². The summed E-state index contributed by atoms with van der Waals surface area (Å²) in [5.74, 6) is 0.897. The lowest BCUT2D eigenvalue weighted by Gasteiger charge is -2.32. The molecule has 5 heteroatoms. The Morgan fingerprint density at radius 1 is 1.04 bits per heavy atom. The third-order valence-corrected chi connectivity index (χ3v) is 6.16. The van der Waals surface area contributed by atoms with Gasteiger partial charge in [-0.3, -0.25) is 4.90 Å². The molecule has 0 saturated carbocycles. The molecule has 146 valence electrons. The number of rotatable bonds is 7. The second-order valence-corrected chi connectivity index (χ2v) is 8.13. The number of halogens is 1. The molecular formula is C23H24FNO2S. The molecule has 0 radical (unpaired) electrons. The topological polar surface area (TPSA) is 21.7 Å². The minimum Gasteiger partial charge on any atom is -0.497 e. The quantitative estimate of drug-likeness (QED) is 0.555. The Balaban J connectivity index is 1.58. The molecule has 0 spiro atoms. The average molecular weight is 398 g/mol. The Labute approximate surface area is 169 Å². The monoisotopic (exact) mass is 397 g/mol. The molecule has 1 saturated heterocycles. The van der Waals surface area contributed by atoms with Crippen LogP contribution in [0.1, 0.15) is 21.9 Å². The summed E-state index contributed by atoms with van der Waals surface area (Å²) in [5, 5.41) is 2.11. The summed E-state index contributed by atoms with van der Waals surface area (Å²) in [6.45, 7) is 3.05. The van der Waals surface area contributed by atoms with Crippen LogP contribution in [0.2, 0.25) is 0 Å².